The predicted molar refractivity (Wildman–Crippen MR) is 133 cm³/mol. The lowest BCUT2D eigenvalue weighted by Crippen LogP contribution is -2.15. The molecule has 0 aliphatic rings. The van der Waals surface area contributed by atoms with Crippen molar-refractivity contribution in [1.29, 1.82) is 0 Å². The van der Waals surface area contributed by atoms with E-state index in [-0.39, 0.29) is 15.3 Å². The fraction of sp³-hybridized carbons (Fsp3) is 0. The fourth-order valence-electron chi connectivity index (χ4n) is 3.52. The van der Waals surface area contributed by atoms with Crippen molar-refractivity contribution in [3.8, 4) is 0 Å². The van der Waals surface area contributed by atoms with Crippen LogP contribution in [0.2, 0.25) is 0 Å². The second-order valence-corrected chi connectivity index (χ2v) is 11.6. The van der Waals surface area contributed by atoms with E-state index >= 15 is 0 Å². The highest BCUT2D eigenvalue weighted by Crippen LogP contribution is 2.28. The zero-order valence-electron chi connectivity index (χ0n) is 16.7. The molecule has 0 aliphatic heterocycles. The molecule has 0 bridgehead atoms. The Kier molecular flexibility index (Phi) is 5.40. The normalized spacial score (nSPS) is 11.7. The van der Waals surface area contributed by atoms with E-state index in [4.69, 9.17) is 4.42 Å². The van der Waals surface area contributed by atoms with E-state index in [2.05, 4.69) is 20.7 Å². The summed E-state index contributed by atoms with van der Waals surface area (Å²) >= 11 is 4.34. The molecule has 0 saturated carbocycles. The summed E-state index contributed by atoms with van der Waals surface area (Å²) in [7, 11) is -3.74. The van der Waals surface area contributed by atoms with E-state index in [1.54, 1.807) is 18.2 Å². The molecule has 0 fully saturated rings. The van der Waals surface area contributed by atoms with Gasteiger partial charge in [-0.1, -0.05) is 30.3 Å². The maximum absolute atomic E-state index is 13.1. The van der Waals surface area contributed by atoms with Crippen LogP contribution in [0.1, 0.15) is 15.9 Å². The van der Waals surface area contributed by atoms with E-state index in [1.807, 2.05) is 30.3 Å². The lowest BCUT2D eigenvalue weighted by molar-refractivity contribution is 0.103. The first-order chi connectivity index (χ1) is 15.8. The highest BCUT2D eigenvalue weighted by atomic mass is 79.9. The van der Waals surface area contributed by atoms with Gasteiger partial charge in [0, 0.05) is 16.6 Å². The van der Waals surface area contributed by atoms with Crippen molar-refractivity contribution in [3.05, 3.63) is 104 Å². The summed E-state index contributed by atoms with van der Waals surface area (Å²) in [5.74, 6) is -0.504. The lowest BCUT2D eigenvalue weighted by Gasteiger charge is -2.08. The summed E-state index contributed by atoms with van der Waals surface area (Å²) in [6, 6.07) is 21.8. The van der Waals surface area contributed by atoms with Crippen LogP contribution in [0.25, 0.3) is 21.7 Å². The molecular weight excluding hydrogens is 526 g/mol. The van der Waals surface area contributed by atoms with Gasteiger partial charge in [-0.2, -0.15) is 0 Å². The molecule has 5 aromatic rings. The third-order valence-electron chi connectivity index (χ3n) is 5.10. The first-order valence-corrected chi connectivity index (χ1v) is 12.8. The van der Waals surface area contributed by atoms with Crippen molar-refractivity contribution >= 4 is 70.5 Å². The van der Waals surface area contributed by atoms with Gasteiger partial charge in [0.2, 0.25) is 0 Å². The molecule has 0 amide bonds. The minimum absolute atomic E-state index is 0.0874. The summed E-state index contributed by atoms with van der Waals surface area (Å²) in [5, 5.41) is 2.51. The second-order valence-electron chi connectivity index (χ2n) is 7.22. The van der Waals surface area contributed by atoms with Crippen LogP contribution in [0, 0.1) is 0 Å². The van der Waals surface area contributed by atoms with Gasteiger partial charge in [-0.25, -0.2) is 13.2 Å². The number of benzene rings is 3. The Bertz CT molecular complexity index is 1700. The minimum atomic E-state index is -3.74. The highest BCUT2D eigenvalue weighted by molar-refractivity contribution is 9.11. The van der Waals surface area contributed by atoms with Gasteiger partial charge in [-0.15, -0.1) is 11.3 Å². The number of carbonyl (C=O) groups is 1. The zero-order valence-corrected chi connectivity index (χ0v) is 20.0. The van der Waals surface area contributed by atoms with E-state index in [1.165, 1.54) is 30.3 Å². The second kappa shape index (κ2) is 8.26. The van der Waals surface area contributed by atoms with Crippen LogP contribution in [0.5, 0.6) is 0 Å². The monoisotopic (exact) mass is 539 g/mol. The quantitative estimate of drug-likeness (QED) is 0.173. The van der Waals surface area contributed by atoms with Crippen LogP contribution in [0.3, 0.4) is 0 Å². The Labute approximate surface area is 200 Å². The standard InChI is InChI=1S/C24H14BrNO5S2/c25-21-11-12-22(32-21)33(29,30)26-16-8-5-15(6-9-16)23(27)19-13-18-17-4-2-1-3-14(17)7-10-20(18)31-24(19)28/h1-13,26H. The maximum atomic E-state index is 13.1. The molecule has 33 heavy (non-hydrogen) atoms. The highest BCUT2D eigenvalue weighted by Gasteiger charge is 2.19. The third-order valence-corrected chi connectivity index (χ3v) is 8.60. The van der Waals surface area contributed by atoms with Crippen molar-refractivity contribution in [1.82, 2.24) is 0 Å². The number of hydrogen-bond donors (Lipinski definition) is 1. The summed E-state index contributed by atoms with van der Waals surface area (Å²) < 4.78 is 33.7. The number of halogens is 1. The number of ketones is 1. The number of fused-ring (bicyclic) bond motifs is 3. The van der Waals surface area contributed by atoms with E-state index < -0.39 is 21.4 Å². The molecular formula is C24H14BrNO5S2. The van der Waals surface area contributed by atoms with E-state index in [0.29, 0.717) is 20.4 Å². The molecule has 0 spiro atoms. The van der Waals surface area contributed by atoms with Crippen molar-refractivity contribution < 1.29 is 17.6 Å². The fourth-order valence-corrected chi connectivity index (χ4v) is 6.59. The smallest absolute Gasteiger partial charge is 0.347 e. The maximum Gasteiger partial charge on any atom is 0.347 e. The SMILES string of the molecule is O=C(c1ccc(NS(=O)(=O)c2ccc(Br)s2)cc1)c1cc2c(ccc3ccccc32)oc1=O. The number of anilines is 1. The number of rotatable bonds is 5. The van der Waals surface area contributed by atoms with Gasteiger partial charge in [0.05, 0.1) is 3.79 Å². The molecule has 164 valence electrons. The van der Waals surface area contributed by atoms with Gasteiger partial charge >= 0.3 is 5.63 Å². The Morgan fingerprint density at radius 2 is 1.67 bits per heavy atom. The Hall–Kier alpha value is -3.27. The number of thiophene rings is 1. The van der Waals surface area contributed by atoms with Gasteiger partial charge in [0.1, 0.15) is 15.4 Å². The van der Waals surface area contributed by atoms with Gasteiger partial charge in [-0.3, -0.25) is 9.52 Å². The molecule has 9 heteroatoms. The van der Waals surface area contributed by atoms with E-state index in [9.17, 15) is 18.0 Å². The molecule has 0 atom stereocenters. The molecule has 0 unspecified atom stereocenters. The molecule has 0 saturated heterocycles. The molecule has 0 radical (unpaired) electrons. The Balaban J connectivity index is 1.48. The summed E-state index contributed by atoms with van der Waals surface area (Å²) in [5.41, 5.74) is 0.128. The van der Waals surface area contributed by atoms with Crippen LogP contribution in [-0.2, 0) is 10.0 Å². The van der Waals surface area contributed by atoms with Gasteiger partial charge < -0.3 is 4.42 Å². The van der Waals surface area contributed by atoms with E-state index in [0.717, 1.165) is 22.1 Å². The summed E-state index contributed by atoms with van der Waals surface area (Å²) in [6.07, 6.45) is 0. The van der Waals surface area contributed by atoms with Crippen LogP contribution in [0.15, 0.2) is 96.1 Å². The van der Waals surface area contributed by atoms with Crippen molar-refractivity contribution in [2.45, 2.75) is 4.21 Å². The van der Waals surface area contributed by atoms with Gasteiger partial charge in [0.25, 0.3) is 10.0 Å². The van der Waals surface area contributed by atoms with Gasteiger partial charge in [-0.05, 0) is 75.2 Å². The molecule has 6 nitrogen and oxygen atoms in total. The van der Waals surface area contributed by atoms with Crippen molar-refractivity contribution in [2.75, 3.05) is 4.72 Å². The molecule has 1 N–H and O–H groups in total. The summed E-state index contributed by atoms with van der Waals surface area (Å²) in [6.45, 7) is 0. The number of sulfonamides is 1. The lowest BCUT2D eigenvalue weighted by atomic mass is 10.0. The largest absolute Gasteiger partial charge is 0.422 e. The van der Waals surface area contributed by atoms with Crippen LogP contribution in [-0.4, -0.2) is 14.2 Å². The first kappa shape index (κ1) is 21.6. The van der Waals surface area contributed by atoms with Crippen molar-refractivity contribution in [3.63, 3.8) is 0 Å². The average Bonchev–Trinajstić information content (AvgIpc) is 3.26. The third kappa shape index (κ3) is 4.10. The molecule has 5 rings (SSSR count). The molecule has 0 aliphatic carbocycles. The zero-order chi connectivity index (χ0) is 23.2. The Morgan fingerprint density at radius 1 is 0.909 bits per heavy atom. The number of carbonyl (C=O) groups excluding carboxylic acids is 1. The Morgan fingerprint density at radius 3 is 2.39 bits per heavy atom. The minimum Gasteiger partial charge on any atom is -0.422 e. The van der Waals surface area contributed by atoms with Crippen LogP contribution in [0.4, 0.5) is 5.69 Å². The first-order valence-electron chi connectivity index (χ1n) is 9.70. The molecule has 2 heterocycles. The molecule has 3 aromatic carbocycles. The molecule has 2 aromatic heterocycles. The average molecular weight is 540 g/mol. The summed E-state index contributed by atoms with van der Waals surface area (Å²) in [4.78, 5) is 25.6. The van der Waals surface area contributed by atoms with Crippen LogP contribution >= 0.6 is 27.3 Å². The predicted octanol–water partition coefficient (Wildman–Crippen LogP) is 5.80. The number of hydrogen-bond acceptors (Lipinski definition) is 6. The topological polar surface area (TPSA) is 93.4 Å². The number of nitrogens with one attached hydrogen (secondary N) is 1. The van der Waals surface area contributed by atoms with Crippen molar-refractivity contribution in [2.24, 2.45) is 0 Å². The van der Waals surface area contributed by atoms with Gasteiger partial charge in [0.15, 0.2) is 5.78 Å². The van der Waals surface area contributed by atoms with Crippen LogP contribution < -0.4 is 10.3 Å².